The lowest BCUT2D eigenvalue weighted by molar-refractivity contribution is 0.580. The van der Waals surface area contributed by atoms with Gasteiger partial charge in [0.1, 0.15) is 0 Å². The van der Waals surface area contributed by atoms with Crippen LogP contribution in [0.25, 0.3) is 0 Å². The van der Waals surface area contributed by atoms with Gasteiger partial charge < -0.3 is 5.73 Å². The van der Waals surface area contributed by atoms with E-state index in [4.69, 9.17) is 5.73 Å². The van der Waals surface area contributed by atoms with Gasteiger partial charge >= 0.3 is 0 Å². The number of rotatable bonds is 18. The number of benzene rings is 1. The smallest absolute Gasteiger partial charge is 0.00773 e. The van der Waals surface area contributed by atoms with Gasteiger partial charge in [-0.1, -0.05) is 100 Å². The van der Waals surface area contributed by atoms with Crippen LogP contribution in [0.2, 0.25) is 0 Å². The first-order valence-corrected chi connectivity index (χ1v) is 11.3. The summed E-state index contributed by atoms with van der Waals surface area (Å²) >= 11 is 0. The number of hydrogen-bond acceptors (Lipinski definition) is 1. The third-order valence-corrected chi connectivity index (χ3v) is 5.17. The lowest BCUT2D eigenvalue weighted by Gasteiger charge is -2.02. The van der Waals surface area contributed by atoms with E-state index < -0.39 is 0 Å². The molecular weight excluding hydrogens is 394 g/mol. The zero-order chi connectivity index (χ0) is 18.5. The molecule has 2 heteroatoms. The van der Waals surface area contributed by atoms with Crippen molar-refractivity contribution in [3.8, 4) is 0 Å². The average Bonchev–Trinajstić information content (AvgIpc) is 2.68. The summed E-state index contributed by atoms with van der Waals surface area (Å²) in [7, 11) is 0. The van der Waals surface area contributed by atoms with Crippen molar-refractivity contribution in [3.63, 3.8) is 0 Å². The SMILES string of the molecule is Br.NCCCCCCCC/C=C\CCCCCCCCCc1ccccc1. The van der Waals surface area contributed by atoms with Crippen LogP contribution in [0.5, 0.6) is 0 Å². The molecule has 0 bridgehead atoms. The van der Waals surface area contributed by atoms with Crippen LogP contribution in [-0.2, 0) is 6.42 Å². The summed E-state index contributed by atoms with van der Waals surface area (Å²) in [4.78, 5) is 0. The van der Waals surface area contributed by atoms with Gasteiger partial charge in [-0.2, -0.15) is 0 Å². The number of aryl methyl sites for hydroxylation is 1. The van der Waals surface area contributed by atoms with E-state index >= 15 is 0 Å². The van der Waals surface area contributed by atoms with Crippen molar-refractivity contribution in [3.05, 3.63) is 48.0 Å². The molecule has 0 radical (unpaired) electrons. The third-order valence-electron chi connectivity index (χ3n) is 5.17. The Balaban J connectivity index is 0.00000676. The van der Waals surface area contributed by atoms with E-state index in [9.17, 15) is 0 Å². The molecule has 1 rings (SSSR count). The van der Waals surface area contributed by atoms with Crippen molar-refractivity contribution in [1.29, 1.82) is 0 Å². The average molecular weight is 439 g/mol. The van der Waals surface area contributed by atoms with Gasteiger partial charge in [-0.05, 0) is 57.1 Å². The summed E-state index contributed by atoms with van der Waals surface area (Å²) in [6, 6.07) is 10.9. The quantitative estimate of drug-likeness (QED) is 0.181. The molecule has 1 nitrogen and oxygen atoms in total. The van der Waals surface area contributed by atoms with Crippen LogP contribution in [-0.4, -0.2) is 6.54 Å². The second-order valence-corrected chi connectivity index (χ2v) is 7.67. The van der Waals surface area contributed by atoms with Crippen LogP contribution in [0.4, 0.5) is 0 Å². The Kier molecular flexibility index (Phi) is 21.2. The minimum Gasteiger partial charge on any atom is -0.330 e. The summed E-state index contributed by atoms with van der Waals surface area (Å²) in [6.07, 6.45) is 26.4. The maximum atomic E-state index is 5.51. The second kappa shape index (κ2) is 21.7. The zero-order valence-corrected chi connectivity index (χ0v) is 19.3. The van der Waals surface area contributed by atoms with Crippen LogP contribution in [0.15, 0.2) is 42.5 Å². The Morgan fingerprint density at radius 2 is 1.00 bits per heavy atom. The van der Waals surface area contributed by atoms with Gasteiger partial charge in [-0.3, -0.25) is 0 Å². The summed E-state index contributed by atoms with van der Waals surface area (Å²) in [5.74, 6) is 0. The first-order valence-electron chi connectivity index (χ1n) is 11.3. The van der Waals surface area contributed by atoms with Gasteiger partial charge in [0.15, 0.2) is 0 Å². The highest BCUT2D eigenvalue weighted by Crippen LogP contribution is 2.12. The minimum atomic E-state index is 0. The van der Waals surface area contributed by atoms with Crippen molar-refractivity contribution in [2.75, 3.05) is 6.54 Å². The fourth-order valence-corrected chi connectivity index (χ4v) is 3.47. The molecule has 1 aromatic rings. The lowest BCUT2D eigenvalue weighted by Crippen LogP contribution is -1.97. The Morgan fingerprint density at radius 3 is 1.52 bits per heavy atom. The predicted octanol–water partition coefficient (Wildman–Crippen LogP) is 8.17. The molecule has 0 spiro atoms. The molecule has 0 saturated heterocycles. The molecule has 156 valence electrons. The fourth-order valence-electron chi connectivity index (χ4n) is 3.47. The number of halogens is 1. The molecular formula is C25H44BrN. The van der Waals surface area contributed by atoms with E-state index in [2.05, 4.69) is 42.5 Å². The molecule has 0 aliphatic heterocycles. The highest BCUT2D eigenvalue weighted by molar-refractivity contribution is 8.93. The third kappa shape index (κ3) is 18.5. The van der Waals surface area contributed by atoms with Gasteiger partial charge in [0.25, 0.3) is 0 Å². The Bertz CT molecular complexity index is 416. The molecule has 0 heterocycles. The van der Waals surface area contributed by atoms with Crippen LogP contribution < -0.4 is 5.73 Å². The second-order valence-electron chi connectivity index (χ2n) is 7.67. The number of nitrogens with two attached hydrogens (primary N) is 1. The first kappa shape index (κ1) is 26.4. The minimum absolute atomic E-state index is 0. The maximum Gasteiger partial charge on any atom is -0.00773 e. The van der Waals surface area contributed by atoms with E-state index in [0.717, 1.165) is 6.54 Å². The molecule has 0 aliphatic rings. The van der Waals surface area contributed by atoms with E-state index in [1.807, 2.05) is 0 Å². The Morgan fingerprint density at radius 1 is 0.556 bits per heavy atom. The Labute approximate surface area is 180 Å². The summed E-state index contributed by atoms with van der Waals surface area (Å²) in [5, 5.41) is 0. The molecule has 2 N–H and O–H groups in total. The highest BCUT2D eigenvalue weighted by Gasteiger charge is 1.94. The van der Waals surface area contributed by atoms with Gasteiger partial charge in [-0.25, -0.2) is 0 Å². The molecule has 0 unspecified atom stereocenters. The Hall–Kier alpha value is -0.600. The normalized spacial score (nSPS) is 11.0. The van der Waals surface area contributed by atoms with E-state index in [-0.39, 0.29) is 17.0 Å². The maximum absolute atomic E-state index is 5.51. The van der Waals surface area contributed by atoms with Crippen molar-refractivity contribution in [1.82, 2.24) is 0 Å². The molecule has 0 saturated carbocycles. The first-order chi connectivity index (χ1) is 12.9. The van der Waals surface area contributed by atoms with Gasteiger partial charge in [0.2, 0.25) is 0 Å². The summed E-state index contributed by atoms with van der Waals surface area (Å²) in [5.41, 5.74) is 7.00. The van der Waals surface area contributed by atoms with Crippen molar-refractivity contribution in [2.45, 2.75) is 103 Å². The largest absolute Gasteiger partial charge is 0.330 e. The van der Waals surface area contributed by atoms with Gasteiger partial charge in [-0.15, -0.1) is 17.0 Å². The van der Waals surface area contributed by atoms with Crippen LogP contribution >= 0.6 is 17.0 Å². The fraction of sp³-hybridized carbons (Fsp3) is 0.680. The number of allylic oxidation sites excluding steroid dienone is 2. The molecule has 0 aromatic heterocycles. The molecule has 0 amide bonds. The molecule has 0 aliphatic carbocycles. The van der Waals surface area contributed by atoms with Crippen LogP contribution in [0.3, 0.4) is 0 Å². The van der Waals surface area contributed by atoms with Crippen molar-refractivity contribution >= 4 is 17.0 Å². The van der Waals surface area contributed by atoms with Crippen LogP contribution in [0, 0.1) is 0 Å². The van der Waals surface area contributed by atoms with Crippen molar-refractivity contribution in [2.24, 2.45) is 5.73 Å². The van der Waals surface area contributed by atoms with Crippen LogP contribution in [0.1, 0.15) is 102 Å². The standard InChI is InChI=1S/C25H43N.BrH/c26-24-20-15-13-11-9-7-5-3-1-2-4-6-8-10-12-14-17-21-25-22-18-16-19-23-25;/h1,3,16,18-19,22-23H,2,4-15,17,20-21,24,26H2;1H/b3-1-;. The monoisotopic (exact) mass is 437 g/mol. The highest BCUT2D eigenvalue weighted by atomic mass is 79.9. The van der Waals surface area contributed by atoms with E-state index in [0.29, 0.717) is 0 Å². The topological polar surface area (TPSA) is 26.0 Å². The predicted molar refractivity (Wildman–Crippen MR) is 128 cm³/mol. The molecule has 27 heavy (non-hydrogen) atoms. The molecule has 0 atom stereocenters. The lowest BCUT2D eigenvalue weighted by atomic mass is 10.0. The van der Waals surface area contributed by atoms with Gasteiger partial charge in [0.05, 0.1) is 0 Å². The number of unbranched alkanes of at least 4 members (excludes halogenated alkanes) is 13. The zero-order valence-electron chi connectivity index (χ0n) is 17.5. The summed E-state index contributed by atoms with van der Waals surface area (Å²) in [6.45, 7) is 0.858. The molecule has 1 aromatic carbocycles. The van der Waals surface area contributed by atoms with E-state index in [1.165, 1.54) is 108 Å². The summed E-state index contributed by atoms with van der Waals surface area (Å²) < 4.78 is 0. The molecule has 0 fully saturated rings. The number of hydrogen-bond donors (Lipinski definition) is 1. The van der Waals surface area contributed by atoms with Crippen molar-refractivity contribution < 1.29 is 0 Å². The van der Waals surface area contributed by atoms with E-state index in [1.54, 1.807) is 0 Å². The van der Waals surface area contributed by atoms with Gasteiger partial charge in [0, 0.05) is 0 Å².